The predicted octanol–water partition coefficient (Wildman–Crippen LogP) is 5.03. The number of rotatable bonds is 2. The molecule has 0 unspecified atom stereocenters. The smallest absolute Gasteiger partial charge is 0.124 e. The number of benzene rings is 2. The fourth-order valence-electron chi connectivity index (χ4n) is 2.36. The standard InChI is InChI=1S/C18H12N2S/c1-2-5-13(6-3-1)17-12-21-18(20-17)15-8-9-16-14(11-15)7-4-10-19-16/h1-12H. The Bertz CT molecular complexity index is 897. The van der Waals surface area contributed by atoms with Crippen LogP contribution in [0.2, 0.25) is 0 Å². The molecule has 0 aliphatic heterocycles. The highest BCUT2D eigenvalue weighted by atomic mass is 32.1. The quantitative estimate of drug-likeness (QED) is 0.517. The van der Waals surface area contributed by atoms with Crippen molar-refractivity contribution >= 4 is 22.2 Å². The maximum absolute atomic E-state index is 4.76. The van der Waals surface area contributed by atoms with Crippen molar-refractivity contribution in [3.05, 3.63) is 72.2 Å². The first-order chi connectivity index (χ1) is 10.4. The Morgan fingerprint density at radius 2 is 1.71 bits per heavy atom. The summed E-state index contributed by atoms with van der Waals surface area (Å²) in [5.74, 6) is 0. The normalized spacial score (nSPS) is 10.9. The molecule has 0 bridgehead atoms. The first kappa shape index (κ1) is 12.2. The topological polar surface area (TPSA) is 25.8 Å². The van der Waals surface area contributed by atoms with Crippen molar-refractivity contribution in [2.75, 3.05) is 0 Å². The van der Waals surface area contributed by atoms with E-state index in [1.807, 2.05) is 36.5 Å². The molecule has 0 radical (unpaired) electrons. The number of fused-ring (bicyclic) bond motifs is 1. The number of aromatic nitrogens is 2. The van der Waals surface area contributed by atoms with Crippen molar-refractivity contribution in [3.63, 3.8) is 0 Å². The highest BCUT2D eigenvalue weighted by Crippen LogP contribution is 2.30. The van der Waals surface area contributed by atoms with E-state index < -0.39 is 0 Å². The lowest BCUT2D eigenvalue weighted by molar-refractivity contribution is 1.39. The lowest BCUT2D eigenvalue weighted by atomic mass is 10.1. The van der Waals surface area contributed by atoms with Gasteiger partial charge in [0.05, 0.1) is 11.2 Å². The van der Waals surface area contributed by atoms with Crippen LogP contribution in [0.4, 0.5) is 0 Å². The van der Waals surface area contributed by atoms with Crippen molar-refractivity contribution in [2.45, 2.75) is 0 Å². The lowest BCUT2D eigenvalue weighted by Gasteiger charge is -2.00. The van der Waals surface area contributed by atoms with Gasteiger partial charge in [-0.3, -0.25) is 4.98 Å². The maximum Gasteiger partial charge on any atom is 0.124 e. The van der Waals surface area contributed by atoms with Gasteiger partial charge in [0, 0.05) is 28.1 Å². The van der Waals surface area contributed by atoms with E-state index in [2.05, 4.69) is 40.7 Å². The Kier molecular flexibility index (Phi) is 2.98. The molecule has 0 aliphatic rings. The Hall–Kier alpha value is -2.52. The van der Waals surface area contributed by atoms with Crippen LogP contribution >= 0.6 is 11.3 Å². The van der Waals surface area contributed by atoms with Crippen LogP contribution in [0.5, 0.6) is 0 Å². The highest BCUT2D eigenvalue weighted by molar-refractivity contribution is 7.13. The van der Waals surface area contributed by atoms with E-state index in [0.29, 0.717) is 0 Å². The van der Waals surface area contributed by atoms with Gasteiger partial charge >= 0.3 is 0 Å². The molecule has 2 aromatic heterocycles. The third-order valence-electron chi connectivity index (χ3n) is 3.42. The van der Waals surface area contributed by atoms with E-state index in [1.165, 1.54) is 0 Å². The summed E-state index contributed by atoms with van der Waals surface area (Å²) in [6.07, 6.45) is 1.82. The number of hydrogen-bond donors (Lipinski definition) is 0. The molecule has 0 spiro atoms. The fraction of sp³-hybridized carbons (Fsp3) is 0. The third-order valence-corrected chi connectivity index (χ3v) is 4.32. The molecule has 0 fully saturated rings. The molecule has 3 heteroatoms. The van der Waals surface area contributed by atoms with E-state index in [9.17, 15) is 0 Å². The lowest BCUT2D eigenvalue weighted by Crippen LogP contribution is -1.81. The van der Waals surface area contributed by atoms with Gasteiger partial charge in [-0.25, -0.2) is 4.98 Å². The molecule has 2 heterocycles. The van der Waals surface area contributed by atoms with Gasteiger partial charge in [-0.15, -0.1) is 11.3 Å². The van der Waals surface area contributed by atoms with Crippen LogP contribution in [-0.4, -0.2) is 9.97 Å². The molecule has 4 rings (SSSR count). The van der Waals surface area contributed by atoms with Crippen LogP contribution in [0.25, 0.3) is 32.7 Å². The molecule has 0 amide bonds. The Balaban J connectivity index is 1.77. The van der Waals surface area contributed by atoms with Gasteiger partial charge in [0.2, 0.25) is 0 Å². The molecule has 2 aromatic carbocycles. The average Bonchev–Trinajstić information content (AvgIpc) is 3.05. The van der Waals surface area contributed by atoms with Gasteiger partial charge in [-0.05, 0) is 24.3 Å². The van der Waals surface area contributed by atoms with E-state index in [1.54, 1.807) is 11.3 Å². The first-order valence-corrected chi connectivity index (χ1v) is 7.64. The number of hydrogen-bond acceptors (Lipinski definition) is 3. The maximum atomic E-state index is 4.76. The fourth-order valence-corrected chi connectivity index (χ4v) is 3.18. The summed E-state index contributed by atoms with van der Waals surface area (Å²) in [5.41, 5.74) is 4.34. The molecular weight excluding hydrogens is 276 g/mol. The largest absolute Gasteiger partial charge is 0.256 e. The molecular formula is C18H12N2S. The Labute approximate surface area is 126 Å². The van der Waals surface area contributed by atoms with Crippen LogP contribution in [0.1, 0.15) is 0 Å². The second-order valence-electron chi connectivity index (χ2n) is 4.81. The molecule has 100 valence electrons. The molecule has 0 saturated carbocycles. The summed E-state index contributed by atoms with van der Waals surface area (Å²) in [4.78, 5) is 9.11. The minimum atomic E-state index is 1.01. The van der Waals surface area contributed by atoms with Crippen molar-refractivity contribution in [1.29, 1.82) is 0 Å². The molecule has 0 atom stereocenters. The molecule has 2 nitrogen and oxygen atoms in total. The van der Waals surface area contributed by atoms with Gasteiger partial charge in [0.15, 0.2) is 0 Å². The molecule has 0 N–H and O–H groups in total. The monoisotopic (exact) mass is 288 g/mol. The molecule has 0 saturated heterocycles. The summed E-state index contributed by atoms with van der Waals surface area (Å²) in [6, 6.07) is 20.6. The highest BCUT2D eigenvalue weighted by Gasteiger charge is 2.07. The van der Waals surface area contributed by atoms with Gasteiger partial charge < -0.3 is 0 Å². The third kappa shape index (κ3) is 2.32. The average molecular weight is 288 g/mol. The summed E-state index contributed by atoms with van der Waals surface area (Å²) in [5, 5.41) is 4.30. The van der Waals surface area contributed by atoms with Gasteiger partial charge in [0.25, 0.3) is 0 Å². The minimum absolute atomic E-state index is 1.01. The van der Waals surface area contributed by atoms with E-state index >= 15 is 0 Å². The van der Waals surface area contributed by atoms with E-state index in [-0.39, 0.29) is 0 Å². The van der Waals surface area contributed by atoms with Gasteiger partial charge in [-0.2, -0.15) is 0 Å². The second-order valence-corrected chi connectivity index (χ2v) is 5.67. The van der Waals surface area contributed by atoms with Crippen LogP contribution in [0.15, 0.2) is 72.2 Å². The number of nitrogens with zero attached hydrogens (tertiary/aromatic N) is 2. The minimum Gasteiger partial charge on any atom is -0.256 e. The zero-order valence-corrected chi connectivity index (χ0v) is 12.0. The van der Waals surface area contributed by atoms with Crippen molar-refractivity contribution in [3.8, 4) is 21.8 Å². The number of thiazole rings is 1. The van der Waals surface area contributed by atoms with Gasteiger partial charge in [-0.1, -0.05) is 36.4 Å². The Morgan fingerprint density at radius 3 is 2.62 bits per heavy atom. The molecule has 21 heavy (non-hydrogen) atoms. The molecule has 4 aromatic rings. The zero-order chi connectivity index (χ0) is 14.1. The summed E-state index contributed by atoms with van der Waals surface area (Å²) in [7, 11) is 0. The first-order valence-electron chi connectivity index (χ1n) is 6.76. The summed E-state index contributed by atoms with van der Waals surface area (Å²) < 4.78 is 0. The molecule has 0 aliphatic carbocycles. The zero-order valence-electron chi connectivity index (χ0n) is 11.2. The van der Waals surface area contributed by atoms with Crippen LogP contribution in [0, 0.1) is 0 Å². The predicted molar refractivity (Wildman–Crippen MR) is 88.3 cm³/mol. The van der Waals surface area contributed by atoms with Crippen molar-refractivity contribution < 1.29 is 0 Å². The summed E-state index contributed by atoms with van der Waals surface area (Å²) >= 11 is 1.67. The van der Waals surface area contributed by atoms with Gasteiger partial charge in [0.1, 0.15) is 5.01 Å². The van der Waals surface area contributed by atoms with Crippen LogP contribution in [0.3, 0.4) is 0 Å². The second kappa shape index (κ2) is 5.11. The van der Waals surface area contributed by atoms with Crippen LogP contribution in [-0.2, 0) is 0 Å². The summed E-state index contributed by atoms with van der Waals surface area (Å²) in [6.45, 7) is 0. The van der Waals surface area contributed by atoms with E-state index in [0.717, 1.165) is 32.7 Å². The SMILES string of the molecule is c1ccc(-c2csc(-c3ccc4ncccc4c3)n2)cc1. The van der Waals surface area contributed by atoms with Crippen molar-refractivity contribution in [2.24, 2.45) is 0 Å². The number of pyridine rings is 1. The Morgan fingerprint density at radius 1 is 0.810 bits per heavy atom. The van der Waals surface area contributed by atoms with Crippen molar-refractivity contribution in [1.82, 2.24) is 9.97 Å². The van der Waals surface area contributed by atoms with E-state index in [4.69, 9.17) is 4.98 Å². The van der Waals surface area contributed by atoms with Crippen LogP contribution < -0.4 is 0 Å².